The normalized spacial score (nSPS) is 14.2. The summed E-state index contributed by atoms with van der Waals surface area (Å²) in [5.74, 6) is 0.503. The SMILES string of the molecule is COC(=O)c1[nH]c2cc(C=O)cc3c2c1CCSN3C. The van der Waals surface area contributed by atoms with Gasteiger partial charge in [-0.1, -0.05) is 0 Å². The topological polar surface area (TPSA) is 62.4 Å². The Hall–Kier alpha value is -1.95. The highest BCUT2D eigenvalue weighted by atomic mass is 32.2. The van der Waals surface area contributed by atoms with Crippen LogP contribution >= 0.6 is 11.9 Å². The molecule has 0 aliphatic carbocycles. The molecule has 1 N–H and O–H groups in total. The van der Waals surface area contributed by atoms with Crippen LogP contribution in [0.2, 0.25) is 0 Å². The van der Waals surface area contributed by atoms with E-state index in [-0.39, 0.29) is 5.97 Å². The van der Waals surface area contributed by atoms with Gasteiger partial charge in [-0.05, 0) is 36.1 Å². The maximum Gasteiger partial charge on any atom is 0.354 e. The van der Waals surface area contributed by atoms with Crippen LogP contribution in [0.1, 0.15) is 26.4 Å². The van der Waals surface area contributed by atoms with E-state index in [1.165, 1.54) is 7.11 Å². The molecule has 0 saturated heterocycles. The molecule has 0 bridgehead atoms. The third-order valence-corrected chi connectivity index (χ3v) is 4.48. The van der Waals surface area contributed by atoms with E-state index < -0.39 is 0 Å². The van der Waals surface area contributed by atoms with Gasteiger partial charge in [0.1, 0.15) is 12.0 Å². The molecule has 5 nitrogen and oxygen atoms in total. The summed E-state index contributed by atoms with van der Waals surface area (Å²) in [5.41, 5.74) is 3.80. The highest BCUT2D eigenvalue weighted by Gasteiger charge is 2.24. The van der Waals surface area contributed by atoms with E-state index in [2.05, 4.69) is 4.98 Å². The zero-order chi connectivity index (χ0) is 14.3. The maximum absolute atomic E-state index is 11.9. The van der Waals surface area contributed by atoms with E-state index >= 15 is 0 Å². The van der Waals surface area contributed by atoms with Crippen LogP contribution in [0.25, 0.3) is 10.9 Å². The van der Waals surface area contributed by atoms with Crippen molar-refractivity contribution in [2.75, 3.05) is 24.2 Å². The molecule has 1 aromatic carbocycles. The number of nitrogens with one attached hydrogen (secondary N) is 1. The number of aldehydes is 1. The molecular formula is C14H14N2O3S. The second kappa shape index (κ2) is 4.86. The highest BCUT2D eigenvalue weighted by Crippen LogP contribution is 2.38. The lowest BCUT2D eigenvalue weighted by Gasteiger charge is -2.17. The predicted octanol–water partition coefficient (Wildman–Crippen LogP) is 2.41. The van der Waals surface area contributed by atoms with Gasteiger partial charge < -0.3 is 14.0 Å². The monoisotopic (exact) mass is 290 g/mol. The predicted molar refractivity (Wildman–Crippen MR) is 79.6 cm³/mol. The average Bonchev–Trinajstić information content (AvgIpc) is 2.74. The van der Waals surface area contributed by atoms with Gasteiger partial charge in [-0.3, -0.25) is 4.79 Å². The zero-order valence-corrected chi connectivity index (χ0v) is 12.0. The summed E-state index contributed by atoms with van der Waals surface area (Å²) >= 11 is 1.67. The van der Waals surface area contributed by atoms with Crippen molar-refractivity contribution in [2.45, 2.75) is 6.42 Å². The molecule has 1 aromatic heterocycles. The number of benzene rings is 1. The molecule has 2 heterocycles. The molecule has 0 unspecified atom stereocenters. The van der Waals surface area contributed by atoms with Crippen LogP contribution < -0.4 is 4.31 Å². The number of carbonyl (C=O) groups excluding carboxylic acids is 2. The lowest BCUT2D eigenvalue weighted by Crippen LogP contribution is -2.07. The summed E-state index contributed by atoms with van der Waals surface area (Å²) in [7, 11) is 3.34. The molecule has 0 saturated carbocycles. The van der Waals surface area contributed by atoms with Gasteiger partial charge in [0.05, 0.1) is 12.8 Å². The summed E-state index contributed by atoms with van der Waals surface area (Å²) in [6.45, 7) is 0. The first-order valence-corrected chi connectivity index (χ1v) is 7.18. The molecule has 0 radical (unpaired) electrons. The maximum atomic E-state index is 11.9. The van der Waals surface area contributed by atoms with Gasteiger partial charge in [0, 0.05) is 29.3 Å². The Morgan fingerprint density at radius 2 is 2.30 bits per heavy atom. The lowest BCUT2D eigenvalue weighted by atomic mass is 10.0. The van der Waals surface area contributed by atoms with E-state index in [1.54, 1.807) is 18.0 Å². The van der Waals surface area contributed by atoms with Crippen molar-refractivity contribution in [3.05, 3.63) is 29.0 Å². The quantitative estimate of drug-likeness (QED) is 0.523. The van der Waals surface area contributed by atoms with Gasteiger partial charge in [0.15, 0.2) is 0 Å². The van der Waals surface area contributed by atoms with E-state index in [1.807, 2.05) is 17.4 Å². The van der Waals surface area contributed by atoms with Crippen molar-refractivity contribution in [1.82, 2.24) is 4.98 Å². The van der Waals surface area contributed by atoms with E-state index in [4.69, 9.17) is 4.74 Å². The zero-order valence-electron chi connectivity index (χ0n) is 11.2. The molecule has 2 aromatic rings. The van der Waals surface area contributed by atoms with Crippen LogP contribution in [-0.2, 0) is 11.2 Å². The van der Waals surface area contributed by atoms with E-state index in [0.29, 0.717) is 11.3 Å². The van der Waals surface area contributed by atoms with Crippen LogP contribution in [0.3, 0.4) is 0 Å². The second-order valence-corrected chi connectivity index (χ2v) is 5.85. The van der Waals surface area contributed by atoms with Crippen LogP contribution in [0, 0.1) is 0 Å². The molecule has 0 fully saturated rings. The minimum absolute atomic E-state index is 0.371. The largest absolute Gasteiger partial charge is 0.464 e. The van der Waals surface area contributed by atoms with Gasteiger partial charge in [-0.2, -0.15) is 0 Å². The van der Waals surface area contributed by atoms with Gasteiger partial charge in [0.2, 0.25) is 0 Å². The first-order chi connectivity index (χ1) is 9.65. The van der Waals surface area contributed by atoms with Gasteiger partial charge in [-0.15, -0.1) is 0 Å². The van der Waals surface area contributed by atoms with Gasteiger partial charge >= 0.3 is 5.97 Å². The Morgan fingerprint density at radius 1 is 1.50 bits per heavy atom. The molecule has 0 atom stereocenters. The number of esters is 1. The van der Waals surface area contributed by atoms with Crippen molar-refractivity contribution >= 4 is 40.8 Å². The Balaban J connectivity index is 2.36. The molecule has 1 aliphatic heterocycles. The fraction of sp³-hybridized carbons (Fsp3) is 0.286. The van der Waals surface area contributed by atoms with Crippen LogP contribution in [0.5, 0.6) is 0 Å². The standard InChI is InChI=1S/C14H14N2O3S/c1-16-11-6-8(7-17)5-10-12(11)9(3-4-20-16)13(15-10)14(18)19-2/h5-7,15H,3-4H2,1-2H3. The lowest BCUT2D eigenvalue weighted by molar-refractivity contribution is 0.0594. The third kappa shape index (κ3) is 1.87. The Morgan fingerprint density at radius 3 is 3.00 bits per heavy atom. The Labute approximate surface area is 120 Å². The Bertz CT molecular complexity index is 708. The van der Waals surface area contributed by atoms with Crippen LogP contribution in [0.15, 0.2) is 12.1 Å². The van der Waals surface area contributed by atoms with E-state index in [9.17, 15) is 9.59 Å². The molecule has 20 heavy (non-hydrogen) atoms. The molecule has 3 rings (SSSR count). The number of hydrogen-bond donors (Lipinski definition) is 1. The van der Waals surface area contributed by atoms with Crippen molar-refractivity contribution < 1.29 is 14.3 Å². The molecule has 0 spiro atoms. The fourth-order valence-electron chi connectivity index (χ4n) is 2.60. The summed E-state index contributed by atoms with van der Waals surface area (Å²) < 4.78 is 6.88. The molecule has 104 valence electrons. The third-order valence-electron chi connectivity index (χ3n) is 3.50. The number of nitrogens with zero attached hydrogens (tertiary/aromatic N) is 1. The van der Waals surface area contributed by atoms with Crippen molar-refractivity contribution in [3.8, 4) is 0 Å². The Kier molecular flexibility index (Phi) is 3.17. The van der Waals surface area contributed by atoms with Crippen molar-refractivity contribution in [3.63, 3.8) is 0 Å². The molecule has 1 aliphatic rings. The number of aryl methyl sites for hydroxylation is 1. The number of ether oxygens (including phenoxy) is 1. The number of hydrogen-bond acceptors (Lipinski definition) is 5. The first kappa shape index (κ1) is 13.1. The molecule has 6 heteroatoms. The number of H-pyrrole nitrogens is 1. The number of methoxy groups -OCH3 is 1. The average molecular weight is 290 g/mol. The fourth-order valence-corrected chi connectivity index (χ4v) is 3.45. The number of aromatic amines is 1. The van der Waals surface area contributed by atoms with Crippen molar-refractivity contribution in [1.29, 1.82) is 0 Å². The highest BCUT2D eigenvalue weighted by molar-refractivity contribution is 8.00. The van der Waals surface area contributed by atoms with E-state index in [0.717, 1.165) is 40.6 Å². The smallest absolute Gasteiger partial charge is 0.354 e. The number of carbonyl (C=O) groups is 2. The molecule has 0 amide bonds. The van der Waals surface area contributed by atoms with Crippen LogP contribution in [0.4, 0.5) is 5.69 Å². The summed E-state index contributed by atoms with van der Waals surface area (Å²) in [5, 5.41) is 1.00. The summed E-state index contributed by atoms with van der Waals surface area (Å²) in [6.07, 6.45) is 1.60. The van der Waals surface area contributed by atoms with Gasteiger partial charge in [-0.25, -0.2) is 4.79 Å². The second-order valence-electron chi connectivity index (χ2n) is 4.63. The number of aromatic nitrogens is 1. The summed E-state index contributed by atoms with van der Waals surface area (Å²) in [4.78, 5) is 26.1. The minimum Gasteiger partial charge on any atom is -0.464 e. The number of anilines is 1. The first-order valence-electron chi connectivity index (χ1n) is 6.24. The van der Waals surface area contributed by atoms with Crippen molar-refractivity contribution in [2.24, 2.45) is 0 Å². The summed E-state index contributed by atoms with van der Waals surface area (Å²) in [6, 6.07) is 3.62. The molecular weight excluding hydrogens is 276 g/mol. The number of rotatable bonds is 2. The minimum atomic E-state index is -0.371. The van der Waals surface area contributed by atoms with Gasteiger partial charge in [0.25, 0.3) is 0 Å². The van der Waals surface area contributed by atoms with Crippen LogP contribution in [-0.4, -0.2) is 37.1 Å².